The molecule has 0 unspecified atom stereocenters. The van der Waals surface area contributed by atoms with Gasteiger partial charge in [0.2, 0.25) is 0 Å². The molecular weight excluding hydrogens is 260 g/mol. The van der Waals surface area contributed by atoms with Crippen LogP contribution in [0.15, 0.2) is 0 Å². The SMILES string of the molecule is CCCNc1nc(N)c(C(=O)N(C)CC(C)(C)C)s1. The molecule has 1 rings (SSSR count). The van der Waals surface area contributed by atoms with Gasteiger partial charge in [-0.3, -0.25) is 4.79 Å². The van der Waals surface area contributed by atoms with Crippen LogP contribution in [0.5, 0.6) is 0 Å². The summed E-state index contributed by atoms with van der Waals surface area (Å²) in [5.74, 6) is 0.254. The number of carbonyl (C=O) groups is 1. The van der Waals surface area contributed by atoms with Crippen molar-refractivity contribution < 1.29 is 4.79 Å². The van der Waals surface area contributed by atoms with Crippen LogP contribution in [0.4, 0.5) is 10.9 Å². The van der Waals surface area contributed by atoms with Crippen molar-refractivity contribution in [3.8, 4) is 0 Å². The van der Waals surface area contributed by atoms with Gasteiger partial charge in [-0.25, -0.2) is 4.98 Å². The number of anilines is 2. The minimum absolute atomic E-state index is 0.0607. The van der Waals surface area contributed by atoms with Gasteiger partial charge >= 0.3 is 0 Å². The average Bonchev–Trinajstić information content (AvgIpc) is 2.64. The zero-order valence-electron chi connectivity index (χ0n) is 12.4. The third-order valence-electron chi connectivity index (χ3n) is 2.43. The predicted molar refractivity (Wildman–Crippen MR) is 81.7 cm³/mol. The number of nitrogens with two attached hydrogens (primary N) is 1. The fraction of sp³-hybridized carbons (Fsp3) is 0.692. The highest BCUT2D eigenvalue weighted by molar-refractivity contribution is 7.18. The Labute approximate surface area is 119 Å². The lowest BCUT2D eigenvalue weighted by atomic mass is 9.96. The maximum Gasteiger partial charge on any atom is 0.267 e. The van der Waals surface area contributed by atoms with Gasteiger partial charge in [-0.1, -0.05) is 39.0 Å². The molecule has 1 aromatic heterocycles. The van der Waals surface area contributed by atoms with E-state index in [-0.39, 0.29) is 11.3 Å². The highest BCUT2D eigenvalue weighted by Gasteiger charge is 2.23. The van der Waals surface area contributed by atoms with Crippen molar-refractivity contribution in [2.24, 2.45) is 5.41 Å². The first-order chi connectivity index (χ1) is 8.74. The molecule has 0 bridgehead atoms. The number of hydrogen-bond donors (Lipinski definition) is 2. The standard InChI is InChI=1S/C13H24N4OS/c1-6-7-15-12-16-10(14)9(19-12)11(18)17(5)8-13(2,3)4/h6-8,14H2,1-5H3,(H,15,16). The first kappa shape index (κ1) is 15.8. The Kier molecular flexibility index (Phi) is 5.17. The lowest BCUT2D eigenvalue weighted by Gasteiger charge is -2.26. The molecule has 0 saturated heterocycles. The zero-order chi connectivity index (χ0) is 14.6. The van der Waals surface area contributed by atoms with Gasteiger partial charge in [0.15, 0.2) is 5.13 Å². The van der Waals surface area contributed by atoms with Crippen LogP contribution in [0, 0.1) is 5.41 Å². The Morgan fingerprint density at radius 2 is 2.11 bits per heavy atom. The summed E-state index contributed by atoms with van der Waals surface area (Å²) in [6.07, 6.45) is 1.01. The molecule has 1 aromatic rings. The van der Waals surface area contributed by atoms with E-state index < -0.39 is 0 Å². The van der Waals surface area contributed by atoms with Crippen LogP contribution in [0.3, 0.4) is 0 Å². The summed E-state index contributed by atoms with van der Waals surface area (Å²) >= 11 is 1.32. The predicted octanol–water partition coefficient (Wildman–Crippen LogP) is 2.67. The Bertz CT molecular complexity index is 436. The van der Waals surface area contributed by atoms with E-state index in [0.717, 1.165) is 13.0 Å². The Hall–Kier alpha value is -1.30. The molecule has 3 N–H and O–H groups in total. The summed E-state index contributed by atoms with van der Waals surface area (Å²) in [5.41, 5.74) is 5.89. The number of thiazole rings is 1. The minimum atomic E-state index is -0.0607. The van der Waals surface area contributed by atoms with Crippen LogP contribution >= 0.6 is 11.3 Å². The number of nitrogen functional groups attached to an aromatic ring is 1. The molecule has 1 heterocycles. The lowest BCUT2D eigenvalue weighted by Crippen LogP contribution is -2.34. The van der Waals surface area contributed by atoms with Gasteiger partial charge in [0.05, 0.1) is 0 Å². The largest absolute Gasteiger partial charge is 0.382 e. The van der Waals surface area contributed by atoms with E-state index in [4.69, 9.17) is 5.73 Å². The fourth-order valence-corrected chi connectivity index (χ4v) is 2.65. The van der Waals surface area contributed by atoms with E-state index in [1.165, 1.54) is 11.3 Å². The lowest BCUT2D eigenvalue weighted by molar-refractivity contribution is 0.0751. The quantitative estimate of drug-likeness (QED) is 0.872. The second-order valence-electron chi connectivity index (χ2n) is 5.88. The molecule has 19 heavy (non-hydrogen) atoms. The maximum absolute atomic E-state index is 12.3. The van der Waals surface area contributed by atoms with Crippen molar-refractivity contribution in [3.05, 3.63) is 4.88 Å². The van der Waals surface area contributed by atoms with Crippen molar-refractivity contribution >= 4 is 28.2 Å². The number of aromatic nitrogens is 1. The van der Waals surface area contributed by atoms with Crippen LogP contribution in [-0.2, 0) is 0 Å². The first-order valence-corrected chi connectivity index (χ1v) is 7.32. The van der Waals surface area contributed by atoms with Crippen LogP contribution in [0.1, 0.15) is 43.8 Å². The molecule has 0 aliphatic rings. The van der Waals surface area contributed by atoms with E-state index in [2.05, 4.69) is 38.0 Å². The van der Waals surface area contributed by atoms with Crippen LogP contribution in [0.2, 0.25) is 0 Å². The van der Waals surface area contributed by atoms with Crippen LogP contribution in [-0.4, -0.2) is 35.9 Å². The molecule has 1 amide bonds. The molecule has 0 aliphatic heterocycles. The molecule has 0 atom stereocenters. The highest BCUT2D eigenvalue weighted by Crippen LogP contribution is 2.27. The molecule has 0 saturated carbocycles. The summed E-state index contributed by atoms with van der Waals surface area (Å²) in [5, 5.41) is 3.87. The maximum atomic E-state index is 12.3. The normalized spacial score (nSPS) is 11.4. The van der Waals surface area contributed by atoms with E-state index >= 15 is 0 Å². The molecule has 5 nitrogen and oxygen atoms in total. The summed E-state index contributed by atoms with van der Waals surface area (Å²) in [4.78, 5) is 18.7. The Morgan fingerprint density at radius 1 is 1.47 bits per heavy atom. The van der Waals surface area contributed by atoms with Gasteiger partial charge in [-0.15, -0.1) is 0 Å². The van der Waals surface area contributed by atoms with Crippen molar-refractivity contribution in [1.82, 2.24) is 9.88 Å². The molecule has 0 radical (unpaired) electrons. The number of hydrogen-bond acceptors (Lipinski definition) is 5. The highest BCUT2D eigenvalue weighted by atomic mass is 32.1. The summed E-state index contributed by atoms with van der Waals surface area (Å²) in [6, 6.07) is 0. The van der Waals surface area contributed by atoms with Crippen molar-refractivity contribution in [3.63, 3.8) is 0 Å². The second-order valence-corrected chi connectivity index (χ2v) is 6.88. The number of amides is 1. The first-order valence-electron chi connectivity index (χ1n) is 6.50. The summed E-state index contributed by atoms with van der Waals surface area (Å²) in [6.45, 7) is 9.88. The van der Waals surface area contributed by atoms with Gasteiger partial charge in [-0.05, 0) is 11.8 Å². The van der Waals surface area contributed by atoms with Gasteiger partial charge in [0.25, 0.3) is 5.91 Å². The van der Waals surface area contributed by atoms with E-state index in [9.17, 15) is 4.79 Å². The van der Waals surface area contributed by atoms with Gasteiger partial charge in [0, 0.05) is 20.1 Å². The van der Waals surface area contributed by atoms with Crippen molar-refractivity contribution in [2.75, 3.05) is 31.2 Å². The van der Waals surface area contributed by atoms with Crippen LogP contribution < -0.4 is 11.1 Å². The van der Waals surface area contributed by atoms with E-state index in [1.807, 2.05) is 0 Å². The smallest absolute Gasteiger partial charge is 0.267 e. The monoisotopic (exact) mass is 284 g/mol. The zero-order valence-corrected chi connectivity index (χ0v) is 13.2. The average molecular weight is 284 g/mol. The van der Waals surface area contributed by atoms with Crippen molar-refractivity contribution in [1.29, 1.82) is 0 Å². The number of rotatable bonds is 5. The number of nitrogens with one attached hydrogen (secondary N) is 1. The van der Waals surface area contributed by atoms with E-state index in [0.29, 0.717) is 22.4 Å². The fourth-order valence-electron chi connectivity index (χ4n) is 1.75. The number of carbonyl (C=O) groups excluding carboxylic acids is 1. The van der Waals surface area contributed by atoms with Gasteiger partial charge in [-0.2, -0.15) is 0 Å². The molecule has 6 heteroatoms. The van der Waals surface area contributed by atoms with E-state index in [1.54, 1.807) is 11.9 Å². The molecular formula is C13H24N4OS. The topological polar surface area (TPSA) is 71.2 Å². The van der Waals surface area contributed by atoms with Crippen LogP contribution in [0.25, 0.3) is 0 Å². The summed E-state index contributed by atoms with van der Waals surface area (Å²) in [7, 11) is 1.80. The van der Waals surface area contributed by atoms with Gasteiger partial charge in [0.1, 0.15) is 10.7 Å². The third-order valence-corrected chi connectivity index (χ3v) is 3.45. The number of nitrogens with zero attached hydrogens (tertiary/aromatic N) is 2. The molecule has 0 aliphatic carbocycles. The molecule has 0 aromatic carbocycles. The van der Waals surface area contributed by atoms with Gasteiger partial charge < -0.3 is 16.0 Å². The molecule has 0 spiro atoms. The molecule has 0 fully saturated rings. The second kappa shape index (κ2) is 6.23. The Balaban J connectivity index is 2.79. The minimum Gasteiger partial charge on any atom is -0.382 e. The Morgan fingerprint density at radius 3 is 2.63 bits per heavy atom. The molecule has 108 valence electrons. The third kappa shape index (κ3) is 4.70. The summed E-state index contributed by atoms with van der Waals surface area (Å²) < 4.78 is 0. The van der Waals surface area contributed by atoms with Crippen molar-refractivity contribution in [2.45, 2.75) is 34.1 Å².